The van der Waals surface area contributed by atoms with Gasteiger partial charge in [0.2, 0.25) is 0 Å². The van der Waals surface area contributed by atoms with Gasteiger partial charge < -0.3 is 5.11 Å². The molecule has 0 aromatic heterocycles. The number of carbonyl (C=O) groups is 3. The molecule has 0 fully saturated rings. The Morgan fingerprint density at radius 1 is 1.08 bits per heavy atom. The highest BCUT2D eigenvalue weighted by atomic mass is 16.4. The third-order valence-corrected chi connectivity index (χ3v) is 1.85. The van der Waals surface area contributed by atoms with E-state index in [1.54, 1.807) is 13.8 Å². The number of carboxylic acid groups (broad SMARTS) is 1. The van der Waals surface area contributed by atoms with Crippen LogP contribution in [0, 0.1) is 5.92 Å². The minimum Gasteiger partial charge on any atom is -0.481 e. The predicted octanol–water partition coefficient (Wildman–Crippen LogP) is 1.04. The van der Waals surface area contributed by atoms with Gasteiger partial charge in [-0.15, -0.1) is 0 Å². The molecule has 0 aliphatic heterocycles. The van der Waals surface area contributed by atoms with E-state index in [4.69, 9.17) is 5.11 Å². The van der Waals surface area contributed by atoms with Crippen molar-refractivity contribution in [3.8, 4) is 0 Å². The first-order chi connectivity index (χ1) is 6.02. The summed E-state index contributed by atoms with van der Waals surface area (Å²) in [5, 5.41) is 8.47. The Balaban J connectivity index is 4.45. The van der Waals surface area contributed by atoms with Gasteiger partial charge in [0.05, 0.1) is 12.3 Å². The Labute approximate surface area is 76.9 Å². The molecule has 0 unspecified atom stereocenters. The zero-order valence-electron chi connectivity index (χ0n) is 7.87. The smallest absolute Gasteiger partial charge is 0.304 e. The van der Waals surface area contributed by atoms with Crippen LogP contribution in [0.2, 0.25) is 0 Å². The van der Waals surface area contributed by atoms with E-state index in [0.29, 0.717) is 0 Å². The molecule has 4 nitrogen and oxygen atoms in total. The van der Waals surface area contributed by atoms with Crippen LogP contribution in [0.15, 0.2) is 0 Å². The first-order valence-corrected chi connectivity index (χ1v) is 4.30. The Morgan fingerprint density at radius 3 is 1.69 bits per heavy atom. The average Bonchev–Trinajstić information content (AvgIpc) is 2.11. The summed E-state index contributed by atoms with van der Waals surface area (Å²) in [6.45, 7) is 3.25. The van der Waals surface area contributed by atoms with Crippen molar-refractivity contribution in [2.75, 3.05) is 0 Å². The summed E-state index contributed by atoms with van der Waals surface area (Å²) in [6.07, 6.45) is 0.0483. The molecule has 0 saturated carbocycles. The van der Waals surface area contributed by atoms with E-state index in [1.807, 2.05) is 0 Å². The van der Waals surface area contributed by atoms with Crippen molar-refractivity contribution in [3.63, 3.8) is 0 Å². The van der Waals surface area contributed by atoms with Crippen molar-refractivity contribution >= 4 is 17.5 Å². The van der Waals surface area contributed by atoms with Gasteiger partial charge in [0, 0.05) is 12.8 Å². The second-order valence-electron chi connectivity index (χ2n) is 2.79. The normalized spacial score (nSPS) is 10.1. The molecule has 0 saturated heterocycles. The minimum atomic E-state index is -1.10. The lowest BCUT2D eigenvalue weighted by atomic mass is 9.92. The second-order valence-corrected chi connectivity index (χ2v) is 2.79. The molecule has 0 aromatic carbocycles. The average molecular weight is 186 g/mol. The summed E-state index contributed by atoms with van der Waals surface area (Å²) >= 11 is 0. The molecule has 0 aliphatic rings. The molecule has 0 amide bonds. The number of carbonyl (C=O) groups excluding carboxylic acids is 2. The van der Waals surface area contributed by atoms with Crippen LogP contribution in [0.3, 0.4) is 0 Å². The second kappa shape index (κ2) is 5.45. The summed E-state index contributed by atoms with van der Waals surface area (Å²) in [7, 11) is 0. The Kier molecular flexibility index (Phi) is 4.96. The third kappa shape index (κ3) is 3.83. The van der Waals surface area contributed by atoms with Crippen molar-refractivity contribution in [2.24, 2.45) is 5.92 Å². The summed E-state index contributed by atoms with van der Waals surface area (Å²) in [6, 6.07) is 0. The molecule has 74 valence electrons. The summed E-state index contributed by atoms with van der Waals surface area (Å²) in [5.74, 6) is -2.61. The highest BCUT2D eigenvalue weighted by Crippen LogP contribution is 2.10. The molecular weight excluding hydrogens is 172 g/mol. The Bertz CT molecular complexity index is 204. The largest absolute Gasteiger partial charge is 0.481 e. The van der Waals surface area contributed by atoms with Gasteiger partial charge in [0.25, 0.3) is 0 Å². The molecule has 0 radical (unpaired) electrons. The van der Waals surface area contributed by atoms with Crippen LogP contribution in [0.1, 0.15) is 33.1 Å². The van der Waals surface area contributed by atoms with E-state index in [2.05, 4.69) is 0 Å². The van der Waals surface area contributed by atoms with Crippen LogP contribution in [0.5, 0.6) is 0 Å². The fraction of sp³-hybridized carbons (Fsp3) is 0.667. The van der Waals surface area contributed by atoms with Gasteiger partial charge in [-0.2, -0.15) is 0 Å². The van der Waals surface area contributed by atoms with E-state index in [-0.39, 0.29) is 30.8 Å². The number of aliphatic carboxylic acids is 1. The maximum absolute atomic E-state index is 11.2. The summed E-state index contributed by atoms with van der Waals surface area (Å²) < 4.78 is 0. The topological polar surface area (TPSA) is 71.4 Å². The number of hydrogen-bond donors (Lipinski definition) is 1. The molecule has 0 heterocycles. The Morgan fingerprint density at radius 2 is 1.46 bits per heavy atom. The van der Waals surface area contributed by atoms with Gasteiger partial charge >= 0.3 is 5.97 Å². The molecule has 0 bridgehead atoms. The lowest BCUT2D eigenvalue weighted by molar-refractivity contribution is -0.144. The molecular formula is C9H14O4. The molecule has 0 atom stereocenters. The van der Waals surface area contributed by atoms with Gasteiger partial charge in [0.1, 0.15) is 11.6 Å². The molecule has 0 aromatic rings. The van der Waals surface area contributed by atoms with Crippen molar-refractivity contribution in [1.82, 2.24) is 0 Å². The third-order valence-electron chi connectivity index (χ3n) is 1.85. The standard InChI is InChI=1S/C9H14O4/c1-3-7(10)6(5-9(12)13)8(11)4-2/h6H,3-5H2,1-2H3,(H,12,13). The predicted molar refractivity (Wildman–Crippen MR) is 46.3 cm³/mol. The van der Waals surface area contributed by atoms with Crippen LogP contribution in [-0.4, -0.2) is 22.6 Å². The SMILES string of the molecule is CCC(=O)C(CC(=O)O)C(=O)CC. The molecule has 13 heavy (non-hydrogen) atoms. The van der Waals surface area contributed by atoms with Crippen molar-refractivity contribution in [3.05, 3.63) is 0 Å². The van der Waals surface area contributed by atoms with Crippen LogP contribution in [0.4, 0.5) is 0 Å². The van der Waals surface area contributed by atoms with Gasteiger partial charge in [-0.25, -0.2) is 0 Å². The van der Waals surface area contributed by atoms with E-state index < -0.39 is 11.9 Å². The monoisotopic (exact) mass is 186 g/mol. The highest BCUT2D eigenvalue weighted by molar-refractivity contribution is 6.04. The molecule has 0 spiro atoms. The van der Waals surface area contributed by atoms with Crippen molar-refractivity contribution in [2.45, 2.75) is 33.1 Å². The van der Waals surface area contributed by atoms with Crippen molar-refractivity contribution < 1.29 is 19.5 Å². The lowest BCUT2D eigenvalue weighted by Gasteiger charge is -2.09. The van der Waals surface area contributed by atoms with Gasteiger partial charge in [-0.3, -0.25) is 14.4 Å². The highest BCUT2D eigenvalue weighted by Gasteiger charge is 2.25. The van der Waals surface area contributed by atoms with Gasteiger partial charge in [0.15, 0.2) is 0 Å². The van der Waals surface area contributed by atoms with Crippen LogP contribution in [-0.2, 0) is 14.4 Å². The number of hydrogen-bond acceptors (Lipinski definition) is 3. The van der Waals surface area contributed by atoms with E-state index in [1.165, 1.54) is 0 Å². The number of rotatable bonds is 6. The number of carboxylic acids is 1. The fourth-order valence-electron chi connectivity index (χ4n) is 1.07. The van der Waals surface area contributed by atoms with Gasteiger partial charge in [-0.05, 0) is 0 Å². The fourth-order valence-corrected chi connectivity index (χ4v) is 1.07. The first-order valence-electron chi connectivity index (χ1n) is 4.30. The summed E-state index contributed by atoms with van der Waals surface area (Å²) in [5.41, 5.74) is 0. The van der Waals surface area contributed by atoms with E-state index in [9.17, 15) is 14.4 Å². The maximum atomic E-state index is 11.2. The van der Waals surface area contributed by atoms with Crippen LogP contribution >= 0.6 is 0 Å². The summed E-state index contributed by atoms with van der Waals surface area (Å²) in [4.78, 5) is 32.7. The van der Waals surface area contributed by atoms with Crippen LogP contribution in [0.25, 0.3) is 0 Å². The minimum absolute atomic E-state index is 0.212. The molecule has 0 rings (SSSR count). The number of ketones is 2. The Hall–Kier alpha value is -1.19. The number of Topliss-reactive ketones (excluding diaryl/α,β-unsaturated/α-hetero) is 2. The zero-order valence-corrected chi connectivity index (χ0v) is 7.87. The van der Waals surface area contributed by atoms with Gasteiger partial charge in [-0.1, -0.05) is 13.8 Å². The van der Waals surface area contributed by atoms with E-state index in [0.717, 1.165) is 0 Å². The quantitative estimate of drug-likeness (QED) is 0.629. The van der Waals surface area contributed by atoms with E-state index >= 15 is 0 Å². The van der Waals surface area contributed by atoms with Crippen molar-refractivity contribution in [1.29, 1.82) is 0 Å². The first kappa shape index (κ1) is 11.8. The molecule has 4 heteroatoms. The lowest BCUT2D eigenvalue weighted by Crippen LogP contribution is -2.25. The van der Waals surface area contributed by atoms with Crippen LogP contribution < -0.4 is 0 Å². The maximum Gasteiger partial charge on any atom is 0.304 e. The molecule has 1 N–H and O–H groups in total. The zero-order chi connectivity index (χ0) is 10.4. The molecule has 0 aliphatic carbocycles.